The fraction of sp³-hybridized carbons (Fsp3) is 0.357. The first kappa shape index (κ1) is 15.6. The molecule has 1 aliphatic rings. The summed E-state index contributed by atoms with van der Waals surface area (Å²) in [4.78, 5) is 12.7. The molecule has 0 radical (unpaired) electrons. The van der Waals surface area contributed by atoms with Gasteiger partial charge in [-0.2, -0.15) is 13.2 Å². The number of nitrogens with zero attached hydrogens (tertiary/aromatic N) is 1. The monoisotopic (exact) mass is 297 g/mol. The Morgan fingerprint density at radius 2 is 2.00 bits per heavy atom. The summed E-state index contributed by atoms with van der Waals surface area (Å²) in [5.41, 5.74) is 1.09. The summed E-state index contributed by atoms with van der Waals surface area (Å²) in [5, 5.41) is 0. The molecule has 0 aromatic heterocycles. The maximum absolute atomic E-state index is 12.3. The largest absolute Gasteiger partial charge is 0.510 e. The molecule has 112 valence electrons. The predicted molar refractivity (Wildman–Crippen MR) is 73.4 cm³/mol. The quantitative estimate of drug-likeness (QED) is 0.800. The number of alkyl halides is 3. The Labute approximate surface area is 121 Å². The van der Waals surface area contributed by atoms with Crippen molar-refractivity contribution in [3.05, 3.63) is 47.9 Å². The fourth-order valence-corrected chi connectivity index (χ4v) is 2.15. The van der Waals surface area contributed by atoms with E-state index in [2.05, 4.69) is 4.65 Å². The summed E-state index contributed by atoms with van der Waals surface area (Å²) in [6.45, 7) is 1.10. The smallest absolute Gasteiger partial charge is 0.489 e. The molecule has 21 heavy (non-hydrogen) atoms. The summed E-state index contributed by atoms with van der Waals surface area (Å²) in [7, 11) is -0.948. The molecule has 0 bridgehead atoms. The highest BCUT2D eigenvalue weighted by Crippen LogP contribution is 2.19. The molecule has 2 rings (SSSR count). The van der Waals surface area contributed by atoms with Crippen molar-refractivity contribution in [2.75, 3.05) is 13.1 Å². The van der Waals surface area contributed by atoms with Crippen LogP contribution in [0.5, 0.6) is 0 Å². The third-order valence-electron chi connectivity index (χ3n) is 3.23. The summed E-state index contributed by atoms with van der Waals surface area (Å²) < 4.78 is 41.3. The van der Waals surface area contributed by atoms with E-state index in [9.17, 15) is 18.0 Å². The Morgan fingerprint density at radius 3 is 2.67 bits per heavy atom. The molecule has 0 fully saturated rings. The highest BCUT2D eigenvalue weighted by Gasteiger charge is 2.43. The first-order chi connectivity index (χ1) is 9.97. The van der Waals surface area contributed by atoms with Crippen molar-refractivity contribution in [1.29, 1.82) is 0 Å². The van der Waals surface area contributed by atoms with E-state index in [0.717, 1.165) is 12.0 Å². The molecular weight excluding hydrogens is 282 g/mol. The number of hydrogen-bond donors (Lipinski definition) is 0. The van der Waals surface area contributed by atoms with Gasteiger partial charge in [-0.25, -0.2) is 4.79 Å². The maximum Gasteiger partial charge on any atom is 0.489 e. The van der Waals surface area contributed by atoms with Gasteiger partial charge < -0.3 is 9.47 Å². The Kier molecular flexibility index (Phi) is 5.06. The van der Waals surface area contributed by atoms with E-state index in [1.165, 1.54) is 5.98 Å². The SMILES string of the molecule is O=C(OB1C=CCCN1CCc1ccccc1)C(F)(F)F. The molecule has 0 aliphatic carbocycles. The Balaban J connectivity index is 1.94. The first-order valence-electron chi connectivity index (χ1n) is 6.69. The highest BCUT2D eigenvalue weighted by atomic mass is 19.4. The molecule has 1 aromatic rings. The van der Waals surface area contributed by atoms with Gasteiger partial charge in [0.25, 0.3) is 0 Å². The average molecular weight is 297 g/mol. The number of carbonyl (C=O) groups excluding carboxylic acids is 1. The zero-order valence-electron chi connectivity index (χ0n) is 11.3. The van der Waals surface area contributed by atoms with Gasteiger partial charge >= 0.3 is 19.2 Å². The Bertz CT molecular complexity index is 505. The van der Waals surface area contributed by atoms with Gasteiger partial charge in [0.15, 0.2) is 0 Å². The van der Waals surface area contributed by atoms with Crippen LogP contribution in [0.1, 0.15) is 12.0 Å². The lowest BCUT2D eigenvalue weighted by Crippen LogP contribution is -2.47. The molecule has 0 saturated carbocycles. The topological polar surface area (TPSA) is 29.5 Å². The van der Waals surface area contributed by atoms with Crippen LogP contribution in [-0.2, 0) is 15.9 Å². The van der Waals surface area contributed by atoms with Crippen LogP contribution in [0.25, 0.3) is 0 Å². The molecule has 0 saturated heterocycles. The van der Waals surface area contributed by atoms with E-state index >= 15 is 0 Å². The van der Waals surface area contributed by atoms with Crippen LogP contribution in [0.3, 0.4) is 0 Å². The van der Waals surface area contributed by atoms with E-state index in [1.54, 1.807) is 10.9 Å². The molecular formula is C14H15BF3NO2. The van der Waals surface area contributed by atoms with E-state index in [4.69, 9.17) is 0 Å². The zero-order chi connectivity index (χ0) is 15.3. The minimum atomic E-state index is -4.96. The van der Waals surface area contributed by atoms with Gasteiger partial charge in [-0.1, -0.05) is 42.4 Å². The molecule has 3 nitrogen and oxygen atoms in total. The molecule has 1 heterocycles. The second-order valence-corrected chi connectivity index (χ2v) is 4.78. The van der Waals surface area contributed by atoms with E-state index < -0.39 is 19.2 Å². The number of carbonyl (C=O) groups is 1. The van der Waals surface area contributed by atoms with Gasteiger partial charge in [-0.05, 0) is 31.5 Å². The first-order valence-corrected chi connectivity index (χ1v) is 6.69. The van der Waals surface area contributed by atoms with Crippen LogP contribution >= 0.6 is 0 Å². The van der Waals surface area contributed by atoms with Gasteiger partial charge in [0, 0.05) is 0 Å². The van der Waals surface area contributed by atoms with Crippen molar-refractivity contribution in [2.24, 2.45) is 0 Å². The molecule has 0 amide bonds. The van der Waals surface area contributed by atoms with Crippen LogP contribution in [0.15, 0.2) is 42.4 Å². The number of rotatable bonds is 4. The van der Waals surface area contributed by atoms with Crippen molar-refractivity contribution in [1.82, 2.24) is 4.81 Å². The lowest BCUT2D eigenvalue weighted by atomic mass is 9.76. The molecule has 0 unspecified atom stereocenters. The molecule has 1 aromatic carbocycles. The van der Waals surface area contributed by atoms with Crippen LogP contribution in [0, 0.1) is 0 Å². The Hall–Kier alpha value is -1.76. The highest BCUT2D eigenvalue weighted by molar-refractivity contribution is 6.56. The Morgan fingerprint density at radius 1 is 1.29 bits per heavy atom. The molecule has 0 spiro atoms. The van der Waals surface area contributed by atoms with Crippen LogP contribution in [-0.4, -0.2) is 37.1 Å². The van der Waals surface area contributed by atoms with E-state index in [1.807, 2.05) is 30.3 Å². The van der Waals surface area contributed by atoms with Crippen molar-refractivity contribution in [3.8, 4) is 0 Å². The summed E-state index contributed by atoms with van der Waals surface area (Å²) in [5.74, 6) is -0.651. The number of benzene rings is 1. The third-order valence-corrected chi connectivity index (χ3v) is 3.23. The lowest BCUT2D eigenvalue weighted by molar-refractivity contribution is -0.190. The van der Waals surface area contributed by atoms with Crippen molar-refractivity contribution in [3.63, 3.8) is 0 Å². The second kappa shape index (κ2) is 6.80. The second-order valence-electron chi connectivity index (χ2n) is 4.78. The van der Waals surface area contributed by atoms with Gasteiger partial charge in [0.1, 0.15) is 0 Å². The molecule has 1 aliphatic heterocycles. The molecule has 0 atom stereocenters. The van der Waals surface area contributed by atoms with E-state index in [0.29, 0.717) is 19.5 Å². The minimum absolute atomic E-state index is 0.532. The number of halogens is 3. The normalized spacial score (nSPS) is 16.0. The van der Waals surface area contributed by atoms with Gasteiger partial charge in [-0.15, -0.1) is 0 Å². The van der Waals surface area contributed by atoms with Gasteiger partial charge in [0.05, 0.1) is 0 Å². The average Bonchev–Trinajstić information content (AvgIpc) is 2.46. The molecule has 0 N–H and O–H groups in total. The lowest BCUT2D eigenvalue weighted by Gasteiger charge is -2.28. The van der Waals surface area contributed by atoms with Crippen LogP contribution < -0.4 is 0 Å². The minimum Gasteiger partial charge on any atom is -0.510 e. The van der Waals surface area contributed by atoms with Gasteiger partial charge in [-0.3, -0.25) is 0 Å². The molecule has 7 heteroatoms. The van der Waals surface area contributed by atoms with E-state index in [-0.39, 0.29) is 0 Å². The maximum atomic E-state index is 12.3. The van der Waals surface area contributed by atoms with Crippen molar-refractivity contribution < 1.29 is 22.6 Å². The summed E-state index contributed by atoms with van der Waals surface area (Å²) in [6, 6.07) is 9.63. The number of hydrogen-bond acceptors (Lipinski definition) is 3. The van der Waals surface area contributed by atoms with Crippen LogP contribution in [0.4, 0.5) is 13.2 Å². The van der Waals surface area contributed by atoms with Crippen molar-refractivity contribution >= 4 is 13.0 Å². The van der Waals surface area contributed by atoms with Gasteiger partial charge in [0.2, 0.25) is 0 Å². The zero-order valence-corrected chi connectivity index (χ0v) is 11.3. The van der Waals surface area contributed by atoms with Crippen LogP contribution in [0.2, 0.25) is 0 Å². The third kappa shape index (κ3) is 4.63. The summed E-state index contributed by atoms with van der Waals surface area (Å²) in [6.07, 6.45) is -1.81. The predicted octanol–water partition coefficient (Wildman–Crippen LogP) is 2.62. The fourth-order valence-electron chi connectivity index (χ4n) is 2.15. The standard InChI is InChI=1S/C14H15BF3NO2/c16-14(17,18)13(20)21-15-9-4-5-10-19(15)11-8-12-6-2-1-3-7-12/h1-4,6-7,9H,5,8,10-11H2. The summed E-state index contributed by atoms with van der Waals surface area (Å²) >= 11 is 0. The van der Waals surface area contributed by atoms with Crippen molar-refractivity contribution in [2.45, 2.75) is 19.0 Å².